The fourth-order valence-corrected chi connectivity index (χ4v) is 7.54. The lowest BCUT2D eigenvalue weighted by Crippen LogP contribution is -2.49. The lowest BCUT2D eigenvalue weighted by atomic mass is 9.68. The number of ketones is 1. The zero-order valence-electron chi connectivity index (χ0n) is 24.8. The van der Waals surface area contributed by atoms with Crippen molar-refractivity contribution < 1.29 is 29.0 Å². The number of carbonyl (C=O) groups excluding carboxylic acids is 3. The van der Waals surface area contributed by atoms with E-state index >= 15 is 0 Å². The minimum Gasteiger partial charge on any atom is -0.490 e. The highest BCUT2D eigenvalue weighted by atomic mass is 35.5. The fraction of sp³-hybridized carbons (Fsp3) is 0.500. The van der Waals surface area contributed by atoms with Gasteiger partial charge in [-0.1, -0.05) is 29.8 Å². The summed E-state index contributed by atoms with van der Waals surface area (Å²) in [5, 5.41) is 12.5. The molecule has 0 saturated heterocycles. The second-order valence-corrected chi connectivity index (χ2v) is 13.1. The van der Waals surface area contributed by atoms with Crippen molar-refractivity contribution in [2.24, 2.45) is 11.8 Å². The summed E-state index contributed by atoms with van der Waals surface area (Å²) in [6.07, 6.45) is 8.18. The lowest BCUT2D eigenvalue weighted by molar-refractivity contribution is -0.168. The quantitative estimate of drug-likeness (QED) is 0.475. The Morgan fingerprint density at radius 2 is 2.00 bits per heavy atom. The number of amides is 1. The van der Waals surface area contributed by atoms with E-state index in [9.17, 15) is 19.5 Å². The first-order chi connectivity index (χ1) is 20.6. The number of esters is 1. The molecule has 0 unspecified atom stereocenters. The van der Waals surface area contributed by atoms with Crippen LogP contribution < -0.4 is 9.64 Å². The van der Waals surface area contributed by atoms with E-state index in [1.807, 2.05) is 12.1 Å². The summed E-state index contributed by atoms with van der Waals surface area (Å²) in [5.41, 5.74) is 0.979. The number of ether oxygens (including phenoxy) is 2. The highest BCUT2D eigenvalue weighted by Gasteiger charge is 2.46. The summed E-state index contributed by atoms with van der Waals surface area (Å²) < 4.78 is 11.6. The molecule has 8 nitrogen and oxygen atoms in total. The molecule has 2 aliphatic heterocycles. The third-order valence-corrected chi connectivity index (χ3v) is 10.3. The van der Waals surface area contributed by atoms with E-state index in [2.05, 4.69) is 17.0 Å². The number of fused-ring (bicyclic) bond motifs is 4. The Morgan fingerprint density at radius 3 is 2.77 bits per heavy atom. The van der Waals surface area contributed by atoms with Gasteiger partial charge in [0.15, 0.2) is 11.4 Å². The molecule has 43 heavy (non-hydrogen) atoms. The van der Waals surface area contributed by atoms with Crippen LogP contribution in [0.15, 0.2) is 48.6 Å². The Bertz CT molecular complexity index is 1470. The van der Waals surface area contributed by atoms with E-state index in [1.54, 1.807) is 31.3 Å². The largest absolute Gasteiger partial charge is 0.490 e. The van der Waals surface area contributed by atoms with Crippen LogP contribution in [0.4, 0.5) is 5.69 Å². The molecule has 6 rings (SSSR count). The summed E-state index contributed by atoms with van der Waals surface area (Å²) in [6, 6.07) is 11.3. The molecular weight excluding hydrogens is 568 g/mol. The molecule has 4 aliphatic rings. The summed E-state index contributed by atoms with van der Waals surface area (Å²) in [4.78, 5) is 43.3. The average Bonchev–Trinajstić information content (AvgIpc) is 3.13. The number of carbonyl (C=O) groups is 3. The molecular formula is C34H39ClN2O6. The maximum atomic E-state index is 13.2. The van der Waals surface area contributed by atoms with Gasteiger partial charge in [0.05, 0.1) is 25.8 Å². The Morgan fingerprint density at radius 1 is 1.16 bits per heavy atom. The summed E-state index contributed by atoms with van der Waals surface area (Å²) in [5.74, 6) is -0.437. The molecule has 2 aliphatic carbocycles. The average molecular weight is 607 g/mol. The minimum atomic E-state index is -2.18. The Balaban J connectivity index is 1.47. The van der Waals surface area contributed by atoms with Gasteiger partial charge in [0.25, 0.3) is 0 Å². The number of nitrogens with zero attached hydrogens (tertiary/aromatic N) is 2. The van der Waals surface area contributed by atoms with Crippen molar-refractivity contribution >= 4 is 34.9 Å². The van der Waals surface area contributed by atoms with Crippen LogP contribution in [0.5, 0.6) is 5.75 Å². The normalized spacial score (nSPS) is 30.0. The van der Waals surface area contributed by atoms with Crippen LogP contribution >= 0.6 is 11.6 Å². The molecule has 228 valence electrons. The van der Waals surface area contributed by atoms with E-state index in [0.717, 1.165) is 42.8 Å². The molecule has 1 N–H and O–H groups in total. The zero-order chi connectivity index (χ0) is 30.4. The molecule has 2 heterocycles. The number of aryl methyl sites for hydroxylation is 1. The van der Waals surface area contributed by atoms with Crippen LogP contribution in [0.25, 0.3) is 0 Å². The molecule has 0 aromatic heterocycles. The summed E-state index contributed by atoms with van der Waals surface area (Å²) in [6.45, 7) is 2.09. The molecule has 9 heteroatoms. The smallest absolute Gasteiger partial charge is 0.343 e. The summed E-state index contributed by atoms with van der Waals surface area (Å²) >= 11 is 6.39. The maximum absolute atomic E-state index is 13.2. The van der Waals surface area contributed by atoms with Gasteiger partial charge in [-0.25, -0.2) is 4.79 Å². The predicted molar refractivity (Wildman–Crippen MR) is 163 cm³/mol. The van der Waals surface area contributed by atoms with Gasteiger partial charge in [0, 0.05) is 43.0 Å². The van der Waals surface area contributed by atoms with Gasteiger partial charge in [0.2, 0.25) is 5.91 Å². The number of allylic oxidation sites excluding steroid dienone is 1. The number of anilines is 1. The van der Waals surface area contributed by atoms with E-state index in [1.165, 1.54) is 23.1 Å². The SMILES string of the molecule is COC(=O)[C@]1(O)CC(=O)N(C)CC/C=C/C(=O)[C@@H]2CC[C@H]2CN2C[C@@]3(CCCc4cc(Cl)ccc43)COc3ccc1cc32. The molecule has 4 atom stereocenters. The topological polar surface area (TPSA) is 96.4 Å². The molecule has 2 aromatic carbocycles. The van der Waals surface area contributed by atoms with Crippen molar-refractivity contribution in [1.82, 2.24) is 4.90 Å². The van der Waals surface area contributed by atoms with E-state index < -0.39 is 23.9 Å². The molecule has 1 amide bonds. The monoisotopic (exact) mass is 606 g/mol. The van der Waals surface area contributed by atoms with Gasteiger partial charge in [-0.2, -0.15) is 0 Å². The molecule has 1 fully saturated rings. The Kier molecular flexibility index (Phi) is 8.03. The number of hydrogen-bond donors (Lipinski definition) is 1. The number of rotatable bonds is 1. The third kappa shape index (κ3) is 5.44. The van der Waals surface area contributed by atoms with Gasteiger partial charge in [-0.15, -0.1) is 0 Å². The molecule has 1 spiro atoms. The number of benzene rings is 2. The van der Waals surface area contributed by atoms with E-state index in [0.29, 0.717) is 38.4 Å². The molecule has 1 saturated carbocycles. The van der Waals surface area contributed by atoms with Crippen molar-refractivity contribution in [2.45, 2.75) is 56.0 Å². The van der Waals surface area contributed by atoms with E-state index in [-0.39, 0.29) is 28.6 Å². The minimum absolute atomic E-state index is 0.0697. The van der Waals surface area contributed by atoms with Gasteiger partial charge in [-0.05, 0) is 91.5 Å². The van der Waals surface area contributed by atoms with Crippen LogP contribution in [-0.4, -0.2) is 68.1 Å². The first-order valence-corrected chi connectivity index (χ1v) is 15.6. The van der Waals surface area contributed by atoms with Crippen molar-refractivity contribution in [3.05, 3.63) is 70.3 Å². The van der Waals surface area contributed by atoms with E-state index in [4.69, 9.17) is 21.1 Å². The van der Waals surface area contributed by atoms with Crippen molar-refractivity contribution in [3.8, 4) is 5.75 Å². The van der Waals surface area contributed by atoms with Gasteiger partial charge < -0.3 is 24.4 Å². The number of halogens is 1. The van der Waals surface area contributed by atoms with Crippen molar-refractivity contribution in [1.29, 1.82) is 0 Å². The first-order valence-electron chi connectivity index (χ1n) is 15.2. The molecule has 2 bridgehead atoms. The Hall–Kier alpha value is -3.36. The molecule has 2 aromatic rings. The lowest BCUT2D eigenvalue weighted by Gasteiger charge is -2.44. The summed E-state index contributed by atoms with van der Waals surface area (Å²) in [7, 11) is 2.84. The standard InChI is InChI=1S/C34H39ClN2O6/c1-36-15-4-3-7-29(38)26-11-8-23(26)19-37-20-33(14-5-6-22-16-25(35)10-12-27(22)33)21-43-30-13-9-24(17-28(30)37)34(41,18-31(36)39)32(40)42-2/h3,7,9-10,12-13,16-17,23,26,41H,4-6,8,11,14-15,18-21H2,1-2H3/b7-3+/t23-,26+,33-,34-/m0/s1. The third-order valence-electron chi connectivity index (χ3n) is 10.0. The first kappa shape index (κ1) is 29.7. The van der Waals surface area contributed by atoms with Crippen LogP contribution in [0, 0.1) is 11.8 Å². The van der Waals surface area contributed by atoms with Gasteiger partial charge in [-0.3, -0.25) is 9.59 Å². The number of aliphatic hydroxyl groups is 1. The van der Waals surface area contributed by atoms with Crippen molar-refractivity contribution in [2.75, 3.05) is 45.3 Å². The Labute approximate surface area is 257 Å². The second-order valence-electron chi connectivity index (χ2n) is 12.7. The zero-order valence-corrected chi connectivity index (χ0v) is 25.6. The predicted octanol–water partition coefficient (Wildman–Crippen LogP) is 4.58. The molecule has 0 radical (unpaired) electrons. The maximum Gasteiger partial charge on any atom is 0.343 e. The highest BCUT2D eigenvalue weighted by molar-refractivity contribution is 6.30. The van der Waals surface area contributed by atoms with Gasteiger partial charge in [0.1, 0.15) is 5.75 Å². The number of methoxy groups -OCH3 is 1. The van der Waals surface area contributed by atoms with Crippen molar-refractivity contribution in [3.63, 3.8) is 0 Å². The van der Waals surface area contributed by atoms with Crippen LogP contribution in [0.1, 0.15) is 55.2 Å². The number of hydrogen-bond acceptors (Lipinski definition) is 7. The highest BCUT2D eigenvalue weighted by Crippen LogP contribution is 2.47. The van der Waals surface area contributed by atoms with Crippen LogP contribution in [0.3, 0.4) is 0 Å². The second kappa shape index (κ2) is 11.6. The fourth-order valence-electron chi connectivity index (χ4n) is 7.35. The van der Waals surface area contributed by atoms with Crippen LogP contribution in [-0.2, 0) is 36.6 Å². The van der Waals surface area contributed by atoms with Gasteiger partial charge >= 0.3 is 5.97 Å². The van der Waals surface area contributed by atoms with Crippen LogP contribution in [0.2, 0.25) is 5.02 Å².